The Kier molecular flexibility index (Phi) is 5.32. The molecule has 1 amide bonds. The second kappa shape index (κ2) is 7.61. The van der Waals surface area contributed by atoms with Gasteiger partial charge in [-0.25, -0.2) is 13.4 Å². The van der Waals surface area contributed by atoms with Gasteiger partial charge in [-0.05, 0) is 37.5 Å². The Morgan fingerprint density at radius 3 is 2.43 bits per heavy atom. The topological polar surface area (TPSA) is 73.8 Å². The van der Waals surface area contributed by atoms with Crippen LogP contribution in [0.5, 0.6) is 0 Å². The molecule has 0 aliphatic carbocycles. The highest BCUT2D eigenvalue weighted by molar-refractivity contribution is 7.88. The third-order valence-electron chi connectivity index (χ3n) is 5.67. The van der Waals surface area contributed by atoms with Crippen molar-refractivity contribution >= 4 is 42.6 Å². The number of piperazine rings is 1. The van der Waals surface area contributed by atoms with Crippen LogP contribution < -0.4 is 4.90 Å². The zero-order chi connectivity index (χ0) is 19.9. The predicted molar refractivity (Wildman–Crippen MR) is 112 cm³/mol. The highest BCUT2D eigenvalue weighted by Crippen LogP contribution is 2.32. The van der Waals surface area contributed by atoms with E-state index in [1.165, 1.54) is 20.8 Å². The largest absolute Gasteiger partial charge is 0.348 e. The molecule has 2 aromatic rings. The number of benzene rings is 1. The maximum atomic E-state index is 12.9. The molecule has 2 aliphatic rings. The molecule has 152 valence electrons. The molecule has 0 unspecified atom stereocenters. The van der Waals surface area contributed by atoms with Crippen LogP contribution in [0.2, 0.25) is 0 Å². The summed E-state index contributed by atoms with van der Waals surface area (Å²) in [6, 6.07) is 6.32. The van der Waals surface area contributed by atoms with Gasteiger partial charge in [-0.3, -0.25) is 4.79 Å². The number of carbonyl (C=O) groups excluding carboxylic acids is 1. The average Bonchev–Trinajstić information content (AvgIpc) is 3.10. The fourth-order valence-corrected chi connectivity index (χ4v) is 5.91. The van der Waals surface area contributed by atoms with E-state index in [-0.39, 0.29) is 11.8 Å². The van der Waals surface area contributed by atoms with Crippen LogP contribution in [0.1, 0.15) is 18.4 Å². The first-order valence-corrected chi connectivity index (χ1v) is 12.3. The van der Waals surface area contributed by atoms with Gasteiger partial charge >= 0.3 is 0 Å². The van der Waals surface area contributed by atoms with Gasteiger partial charge in [-0.1, -0.05) is 17.4 Å². The standard InChI is InChI=1S/C19H26N4O3S2/c1-14-3-4-16-17(13-14)27-19(20-16)22-7-5-15(6-8-22)18(24)21-9-11-23(12-10-21)28(2,25)26/h3-4,13,15H,5-12H2,1-2H3. The molecule has 4 rings (SSSR count). The van der Waals surface area contributed by atoms with E-state index in [0.29, 0.717) is 26.2 Å². The van der Waals surface area contributed by atoms with Crippen molar-refractivity contribution in [2.24, 2.45) is 5.92 Å². The van der Waals surface area contributed by atoms with Crippen LogP contribution in [0.4, 0.5) is 5.13 Å². The predicted octanol–water partition coefficient (Wildman–Crippen LogP) is 1.92. The molecule has 2 saturated heterocycles. The summed E-state index contributed by atoms with van der Waals surface area (Å²) in [5.74, 6) is 0.199. The van der Waals surface area contributed by atoms with Gasteiger partial charge in [0.1, 0.15) is 0 Å². The minimum Gasteiger partial charge on any atom is -0.348 e. The number of amides is 1. The van der Waals surface area contributed by atoms with Crippen LogP contribution in [0.3, 0.4) is 0 Å². The van der Waals surface area contributed by atoms with Crippen molar-refractivity contribution in [3.05, 3.63) is 23.8 Å². The molecule has 0 bridgehead atoms. The van der Waals surface area contributed by atoms with Gasteiger partial charge < -0.3 is 9.80 Å². The smallest absolute Gasteiger partial charge is 0.225 e. The van der Waals surface area contributed by atoms with Crippen LogP contribution in [0.25, 0.3) is 10.2 Å². The summed E-state index contributed by atoms with van der Waals surface area (Å²) in [7, 11) is -3.17. The summed E-state index contributed by atoms with van der Waals surface area (Å²) in [5, 5.41) is 1.04. The lowest BCUT2D eigenvalue weighted by atomic mass is 9.95. The highest BCUT2D eigenvalue weighted by Gasteiger charge is 2.32. The van der Waals surface area contributed by atoms with E-state index < -0.39 is 10.0 Å². The van der Waals surface area contributed by atoms with Crippen LogP contribution in [-0.4, -0.2) is 74.0 Å². The number of piperidine rings is 1. The molecular formula is C19H26N4O3S2. The third kappa shape index (κ3) is 4.01. The molecule has 2 fully saturated rings. The molecule has 9 heteroatoms. The lowest BCUT2D eigenvalue weighted by Gasteiger charge is -2.37. The minimum atomic E-state index is -3.17. The molecule has 0 radical (unpaired) electrons. The van der Waals surface area contributed by atoms with Crippen LogP contribution in [-0.2, 0) is 14.8 Å². The molecule has 2 aliphatic heterocycles. The summed E-state index contributed by atoms with van der Waals surface area (Å²) >= 11 is 1.72. The molecule has 1 aromatic heterocycles. The van der Waals surface area contributed by atoms with Gasteiger partial charge in [0.05, 0.1) is 16.5 Å². The van der Waals surface area contributed by atoms with Crippen molar-refractivity contribution < 1.29 is 13.2 Å². The molecule has 3 heterocycles. The first-order chi connectivity index (χ1) is 13.3. The summed E-state index contributed by atoms with van der Waals surface area (Å²) in [5.41, 5.74) is 2.27. The summed E-state index contributed by atoms with van der Waals surface area (Å²) in [6.45, 7) is 5.53. The lowest BCUT2D eigenvalue weighted by molar-refractivity contribution is -0.137. The van der Waals surface area contributed by atoms with Crippen molar-refractivity contribution in [1.29, 1.82) is 0 Å². The van der Waals surface area contributed by atoms with E-state index in [4.69, 9.17) is 4.98 Å². The number of anilines is 1. The Balaban J connectivity index is 1.34. The fourth-order valence-electron chi connectivity index (χ4n) is 3.97. The van der Waals surface area contributed by atoms with E-state index in [1.807, 2.05) is 4.90 Å². The normalized spacial score (nSPS) is 20.1. The van der Waals surface area contributed by atoms with Crippen LogP contribution >= 0.6 is 11.3 Å². The number of carbonyl (C=O) groups is 1. The van der Waals surface area contributed by atoms with Crippen LogP contribution in [0, 0.1) is 12.8 Å². The SMILES string of the molecule is Cc1ccc2nc(N3CCC(C(=O)N4CCN(S(C)(=O)=O)CC4)CC3)sc2c1. The maximum Gasteiger partial charge on any atom is 0.225 e. The quantitative estimate of drug-likeness (QED) is 0.756. The number of thiazole rings is 1. The van der Waals surface area contributed by atoms with Crippen molar-refractivity contribution in [1.82, 2.24) is 14.2 Å². The van der Waals surface area contributed by atoms with E-state index in [0.717, 1.165) is 36.6 Å². The minimum absolute atomic E-state index is 0.0256. The Bertz CT molecular complexity index is 972. The highest BCUT2D eigenvalue weighted by atomic mass is 32.2. The van der Waals surface area contributed by atoms with Gasteiger partial charge in [-0.2, -0.15) is 4.31 Å². The number of aryl methyl sites for hydroxylation is 1. The molecule has 0 saturated carbocycles. The monoisotopic (exact) mass is 422 g/mol. The fraction of sp³-hybridized carbons (Fsp3) is 0.579. The Hall–Kier alpha value is -1.71. The molecule has 0 spiro atoms. The second-order valence-corrected chi connectivity index (χ2v) is 10.7. The number of hydrogen-bond acceptors (Lipinski definition) is 6. The number of sulfonamides is 1. The molecule has 7 nitrogen and oxygen atoms in total. The van der Waals surface area contributed by atoms with Crippen molar-refractivity contribution in [2.75, 3.05) is 50.4 Å². The number of aromatic nitrogens is 1. The Morgan fingerprint density at radius 2 is 1.79 bits per heavy atom. The number of hydrogen-bond donors (Lipinski definition) is 0. The summed E-state index contributed by atoms with van der Waals surface area (Å²) < 4.78 is 25.9. The number of nitrogens with zero attached hydrogens (tertiary/aromatic N) is 4. The van der Waals surface area contributed by atoms with Crippen molar-refractivity contribution in [2.45, 2.75) is 19.8 Å². The van der Waals surface area contributed by atoms with Gasteiger partial charge in [0, 0.05) is 45.2 Å². The van der Waals surface area contributed by atoms with E-state index in [2.05, 4.69) is 30.0 Å². The number of rotatable bonds is 3. The molecule has 1 aromatic carbocycles. The van der Waals surface area contributed by atoms with Gasteiger partial charge in [0.15, 0.2) is 5.13 Å². The van der Waals surface area contributed by atoms with Gasteiger partial charge in [0.2, 0.25) is 15.9 Å². The van der Waals surface area contributed by atoms with Crippen molar-refractivity contribution in [3.63, 3.8) is 0 Å². The lowest BCUT2D eigenvalue weighted by Crippen LogP contribution is -2.52. The zero-order valence-corrected chi connectivity index (χ0v) is 17.9. The van der Waals surface area contributed by atoms with E-state index in [1.54, 1.807) is 11.3 Å². The Morgan fingerprint density at radius 1 is 1.11 bits per heavy atom. The van der Waals surface area contributed by atoms with Crippen molar-refractivity contribution in [3.8, 4) is 0 Å². The maximum absolute atomic E-state index is 12.9. The third-order valence-corrected chi connectivity index (χ3v) is 8.05. The second-order valence-electron chi connectivity index (χ2n) is 7.72. The summed E-state index contributed by atoms with van der Waals surface area (Å²) in [6.07, 6.45) is 2.86. The first-order valence-electron chi connectivity index (χ1n) is 9.67. The molecule has 28 heavy (non-hydrogen) atoms. The molecule has 0 N–H and O–H groups in total. The zero-order valence-electron chi connectivity index (χ0n) is 16.3. The number of fused-ring (bicyclic) bond motifs is 1. The van der Waals surface area contributed by atoms with E-state index in [9.17, 15) is 13.2 Å². The van der Waals surface area contributed by atoms with Gasteiger partial charge in [0.25, 0.3) is 0 Å². The average molecular weight is 423 g/mol. The Labute approximate surface area is 170 Å². The molecule has 0 atom stereocenters. The first kappa shape index (κ1) is 19.6. The summed E-state index contributed by atoms with van der Waals surface area (Å²) in [4.78, 5) is 21.7. The van der Waals surface area contributed by atoms with Crippen LogP contribution in [0.15, 0.2) is 18.2 Å². The molecular weight excluding hydrogens is 396 g/mol. The van der Waals surface area contributed by atoms with E-state index >= 15 is 0 Å². The van der Waals surface area contributed by atoms with Gasteiger partial charge in [-0.15, -0.1) is 0 Å².